The second-order valence-corrected chi connectivity index (χ2v) is 10.7. The van der Waals surface area contributed by atoms with Gasteiger partial charge in [-0.05, 0) is 36.6 Å². The summed E-state index contributed by atoms with van der Waals surface area (Å²) in [6.45, 7) is 0.0592. The molecule has 2 aromatic rings. The van der Waals surface area contributed by atoms with Crippen molar-refractivity contribution in [3.8, 4) is 0 Å². The molecular formula is C19H25N3O3S2. The predicted molar refractivity (Wildman–Crippen MR) is 113 cm³/mol. The summed E-state index contributed by atoms with van der Waals surface area (Å²) in [6, 6.07) is 6.33. The van der Waals surface area contributed by atoms with Crippen LogP contribution in [0.5, 0.6) is 0 Å². The summed E-state index contributed by atoms with van der Waals surface area (Å²) in [5, 5.41) is 14.8. The van der Waals surface area contributed by atoms with E-state index in [1.165, 1.54) is 19.1 Å². The van der Waals surface area contributed by atoms with Crippen molar-refractivity contribution in [2.75, 3.05) is 23.9 Å². The number of aromatic amines is 1. The summed E-state index contributed by atoms with van der Waals surface area (Å²) in [4.78, 5) is 8.04. The molecule has 1 aliphatic carbocycles. The van der Waals surface area contributed by atoms with Crippen molar-refractivity contribution in [1.29, 1.82) is 0 Å². The van der Waals surface area contributed by atoms with Crippen molar-refractivity contribution < 1.29 is 13.5 Å². The number of fused-ring (bicyclic) bond motifs is 1. The summed E-state index contributed by atoms with van der Waals surface area (Å²) in [5.41, 5.74) is 3.68. The Morgan fingerprint density at radius 1 is 1.30 bits per heavy atom. The molecule has 8 heteroatoms. The molecule has 1 atom stereocenters. The Balaban J connectivity index is 1.74. The van der Waals surface area contributed by atoms with E-state index in [4.69, 9.17) is 0 Å². The molecule has 6 nitrogen and oxygen atoms in total. The first-order valence-electron chi connectivity index (χ1n) is 9.33. The molecule has 2 aliphatic rings. The van der Waals surface area contributed by atoms with Crippen molar-refractivity contribution in [3.05, 3.63) is 29.5 Å². The Labute approximate surface area is 163 Å². The standard InChI is InChI=1S/C19H25N3O3S2/c1-27(24,25)11-12-6-13-8-17(19-21-15(9-23)10-26-19)22-18(13)16(7-12)20-14-4-2-3-5-14/h6-8,14-15,20,22-23H,2-5,9-11H2,1H3. The molecule has 3 N–H and O–H groups in total. The van der Waals surface area contributed by atoms with Crippen LogP contribution in [-0.4, -0.2) is 54.3 Å². The number of aliphatic imine (C=N–C) groups is 1. The van der Waals surface area contributed by atoms with Gasteiger partial charge >= 0.3 is 0 Å². The summed E-state index contributed by atoms with van der Waals surface area (Å²) in [7, 11) is -3.10. The monoisotopic (exact) mass is 407 g/mol. The van der Waals surface area contributed by atoms with Crippen LogP contribution in [0.15, 0.2) is 23.2 Å². The summed E-state index contributed by atoms with van der Waals surface area (Å²) in [6.07, 6.45) is 6.02. The summed E-state index contributed by atoms with van der Waals surface area (Å²) >= 11 is 1.64. The van der Waals surface area contributed by atoms with Crippen molar-refractivity contribution >= 4 is 43.2 Å². The highest BCUT2D eigenvalue weighted by Crippen LogP contribution is 2.32. The van der Waals surface area contributed by atoms with Gasteiger partial charge < -0.3 is 15.4 Å². The van der Waals surface area contributed by atoms with Gasteiger partial charge in [-0.1, -0.05) is 12.8 Å². The van der Waals surface area contributed by atoms with Crippen molar-refractivity contribution in [2.24, 2.45) is 4.99 Å². The van der Waals surface area contributed by atoms with Crippen LogP contribution in [0.1, 0.15) is 36.9 Å². The number of nitrogens with one attached hydrogen (secondary N) is 2. The van der Waals surface area contributed by atoms with Crippen LogP contribution in [0.4, 0.5) is 5.69 Å². The van der Waals surface area contributed by atoms with E-state index < -0.39 is 9.84 Å². The van der Waals surface area contributed by atoms with Crippen LogP contribution in [0.2, 0.25) is 0 Å². The number of thioether (sulfide) groups is 1. The van der Waals surface area contributed by atoms with Gasteiger partial charge in [-0.2, -0.15) is 0 Å². The molecule has 1 fully saturated rings. The van der Waals surface area contributed by atoms with Crippen LogP contribution in [-0.2, 0) is 15.6 Å². The third-order valence-corrected chi connectivity index (χ3v) is 7.09. The van der Waals surface area contributed by atoms with Crippen LogP contribution in [0.3, 0.4) is 0 Å². The lowest BCUT2D eigenvalue weighted by atomic mass is 10.1. The Bertz CT molecular complexity index is 975. The average Bonchev–Trinajstić information content (AvgIpc) is 3.33. The van der Waals surface area contributed by atoms with Gasteiger partial charge in [-0.15, -0.1) is 11.8 Å². The van der Waals surface area contributed by atoms with E-state index in [1.54, 1.807) is 11.8 Å². The quantitative estimate of drug-likeness (QED) is 0.684. The first-order chi connectivity index (χ1) is 12.9. The number of rotatable bonds is 6. The van der Waals surface area contributed by atoms with Gasteiger partial charge in [-0.25, -0.2) is 8.42 Å². The summed E-state index contributed by atoms with van der Waals surface area (Å²) in [5.74, 6) is 0.818. The van der Waals surface area contributed by atoms with E-state index in [1.807, 2.05) is 18.2 Å². The highest BCUT2D eigenvalue weighted by molar-refractivity contribution is 8.14. The molecule has 0 radical (unpaired) electrons. The molecule has 0 bridgehead atoms. The van der Waals surface area contributed by atoms with Crippen LogP contribution in [0.25, 0.3) is 10.9 Å². The fourth-order valence-corrected chi connectivity index (χ4v) is 5.66. The highest BCUT2D eigenvalue weighted by atomic mass is 32.2. The average molecular weight is 408 g/mol. The molecule has 4 rings (SSSR count). The lowest BCUT2D eigenvalue weighted by Crippen LogP contribution is -2.15. The lowest BCUT2D eigenvalue weighted by molar-refractivity contribution is 0.277. The Morgan fingerprint density at radius 2 is 2.07 bits per heavy atom. The topological polar surface area (TPSA) is 94.5 Å². The number of hydrogen-bond acceptors (Lipinski definition) is 6. The Hall–Kier alpha value is -1.51. The van der Waals surface area contributed by atoms with Gasteiger partial charge in [0, 0.05) is 23.4 Å². The zero-order valence-electron chi connectivity index (χ0n) is 15.4. The van der Waals surface area contributed by atoms with E-state index in [0.29, 0.717) is 6.04 Å². The van der Waals surface area contributed by atoms with E-state index >= 15 is 0 Å². The third kappa shape index (κ3) is 4.33. The Kier molecular flexibility index (Phi) is 5.22. The smallest absolute Gasteiger partial charge is 0.151 e. The SMILES string of the molecule is CS(=O)(=O)Cc1cc(NC2CCCC2)c2[nH]c(C3=NC(CO)CS3)cc2c1. The second kappa shape index (κ2) is 7.48. The van der Waals surface area contributed by atoms with E-state index in [2.05, 4.69) is 15.3 Å². The third-order valence-electron chi connectivity index (χ3n) is 5.09. The van der Waals surface area contributed by atoms with Gasteiger partial charge in [0.2, 0.25) is 0 Å². The van der Waals surface area contributed by atoms with Crippen molar-refractivity contribution in [3.63, 3.8) is 0 Å². The second-order valence-electron chi connectivity index (χ2n) is 7.57. The lowest BCUT2D eigenvalue weighted by Gasteiger charge is -2.15. The minimum atomic E-state index is -3.10. The molecule has 27 heavy (non-hydrogen) atoms. The van der Waals surface area contributed by atoms with E-state index in [-0.39, 0.29) is 18.4 Å². The highest BCUT2D eigenvalue weighted by Gasteiger charge is 2.22. The number of benzene rings is 1. The first kappa shape index (κ1) is 18.8. The molecule has 1 aliphatic heterocycles. The molecule has 2 heterocycles. The maximum Gasteiger partial charge on any atom is 0.151 e. The normalized spacial score (nSPS) is 21.1. The maximum absolute atomic E-state index is 11.8. The minimum Gasteiger partial charge on any atom is -0.394 e. The van der Waals surface area contributed by atoms with Crippen molar-refractivity contribution in [1.82, 2.24) is 4.98 Å². The molecule has 0 saturated heterocycles. The van der Waals surface area contributed by atoms with Gasteiger partial charge in [0.25, 0.3) is 0 Å². The number of anilines is 1. The largest absolute Gasteiger partial charge is 0.394 e. The number of nitrogens with zero attached hydrogens (tertiary/aromatic N) is 1. The number of aromatic nitrogens is 1. The molecule has 0 amide bonds. The zero-order chi connectivity index (χ0) is 19.0. The molecule has 1 aromatic heterocycles. The number of hydrogen-bond donors (Lipinski definition) is 3. The van der Waals surface area contributed by atoms with Gasteiger partial charge in [0.05, 0.1) is 35.3 Å². The molecule has 0 spiro atoms. The van der Waals surface area contributed by atoms with Crippen LogP contribution < -0.4 is 5.32 Å². The predicted octanol–water partition coefficient (Wildman–Crippen LogP) is 2.92. The molecule has 1 unspecified atom stereocenters. The first-order valence-corrected chi connectivity index (χ1v) is 12.4. The zero-order valence-corrected chi connectivity index (χ0v) is 17.0. The molecule has 1 saturated carbocycles. The minimum absolute atomic E-state index is 0.0328. The number of aliphatic hydroxyl groups excluding tert-OH is 1. The number of sulfone groups is 1. The number of H-pyrrole nitrogens is 1. The van der Waals surface area contributed by atoms with Gasteiger partial charge in [0.15, 0.2) is 9.84 Å². The fourth-order valence-electron chi connectivity index (χ4n) is 3.87. The van der Waals surface area contributed by atoms with Gasteiger partial charge in [-0.3, -0.25) is 4.99 Å². The maximum atomic E-state index is 11.8. The van der Waals surface area contributed by atoms with Gasteiger partial charge in [0.1, 0.15) is 5.04 Å². The van der Waals surface area contributed by atoms with Crippen LogP contribution >= 0.6 is 11.8 Å². The van der Waals surface area contributed by atoms with Crippen molar-refractivity contribution in [2.45, 2.75) is 43.5 Å². The summed E-state index contributed by atoms with van der Waals surface area (Å²) < 4.78 is 23.6. The fraction of sp³-hybridized carbons (Fsp3) is 0.526. The van der Waals surface area contributed by atoms with Crippen LogP contribution in [0, 0.1) is 0 Å². The Morgan fingerprint density at radius 3 is 2.74 bits per heavy atom. The molecule has 146 valence electrons. The number of aliphatic hydroxyl groups is 1. The molecule has 1 aromatic carbocycles. The van der Waals surface area contributed by atoms with E-state index in [9.17, 15) is 13.5 Å². The molecular weight excluding hydrogens is 382 g/mol. The van der Waals surface area contributed by atoms with E-state index in [0.717, 1.165) is 51.5 Å².